The van der Waals surface area contributed by atoms with Crippen LogP contribution in [0.15, 0.2) is 0 Å². The first-order valence-electron chi connectivity index (χ1n) is 5.18. The van der Waals surface area contributed by atoms with Crippen LogP contribution in [0.5, 0.6) is 0 Å². The Morgan fingerprint density at radius 3 is 2.38 bits per heavy atom. The highest BCUT2D eigenvalue weighted by Crippen LogP contribution is 2.20. The first kappa shape index (κ1) is 9.00. The van der Waals surface area contributed by atoms with Gasteiger partial charge in [0, 0.05) is 19.5 Å². The van der Waals surface area contributed by atoms with Crippen molar-refractivity contribution in [3.63, 3.8) is 0 Å². The van der Waals surface area contributed by atoms with Crippen molar-refractivity contribution in [2.75, 3.05) is 19.7 Å². The smallest absolute Gasteiger partial charge is 0.251 e. The highest BCUT2D eigenvalue weighted by atomic mass is 16.5. The molecule has 1 atom stereocenters. The summed E-state index contributed by atoms with van der Waals surface area (Å²) in [7, 11) is 0. The Morgan fingerprint density at radius 2 is 1.92 bits per heavy atom. The first-order chi connectivity index (χ1) is 6.27. The second-order valence-corrected chi connectivity index (χ2v) is 4.16. The fourth-order valence-electron chi connectivity index (χ4n) is 1.86. The predicted octanol–water partition coefficient (Wildman–Crippen LogP) is 1.03. The van der Waals surface area contributed by atoms with E-state index in [4.69, 9.17) is 4.74 Å². The zero-order chi connectivity index (χ0) is 9.26. The molecule has 1 unspecified atom stereocenters. The Bertz CT molecular complexity index is 193. The molecule has 2 saturated heterocycles. The Labute approximate surface area is 79.0 Å². The van der Waals surface area contributed by atoms with E-state index in [1.54, 1.807) is 0 Å². The summed E-state index contributed by atoms with van der Waals surface area (Å²) in [5.41, 5.74) is 0. The molecule has 3 nitrogen and oxygen atoms in total. The number of carbonyl (C=O) groups is 1. The minimum Gasteiger partial charge on any atom is -0.368 e. The molecule has 0 N–H and O–H groups in total. The maximum atomic E-state index is 11.7. The molecule has 0 radical (unpaired) electrons. The number of likely N-dealkylation sites (tertiary alicyclic amines) is 1. The maximum absolute atomic E-state index is 11.7. The van der Waals surface area contributed by atoms with Gasteiger partial charge in [-0.05, 0) is 18.8 Å². The van der Waals surface area contributed by atoms with E-state index in [-0.39, 0.29) is 12.0 Å². The lowest BCUT2D eigenvalue weighted by atomic mass is 9.98. The van der Waals surface area contributed by atoms with Crippen molar-refractivity contribution in [2.24, 2.45) is 5.92 Å². The summed E-state index contributed by atoms with van der Waals surface area (Å²) in [6.07, 6.45) is 3.12. The molecule has 0 aromatic carbocycles. The summed E-state index contributed by atoms with van der Waals surface area (Å²) in [6.45, 7) is 4.88. The molecule has 2 fully saturated rings. The second kappa shape index (κ2) is 3.66. The number of carbonyl (C=O) groups excluding carboxylic acids is 1. The van der Waals surface area contributed by atoms with Gasteiger partial charge in [-0.3, -0.25) is 4.79 Å². The molecule has 13 heavy (non-hydrogen) atoms. The average Bonchev–Trinajstić information content (AvgIpc) is 2.02. The van der Waals surface area contributed by atoms with Gasteiger partial charge in [-0.25, -0.2) is 0 Å². The quantitative estimate of drug-likeness (QED) is 0.607. The van der Waals surface area contributed by atoms with E-state index in [0.717, 1.165) is 44.9 Å². The lowest BCUT2D eigenvalue weighted by Crippen LogP contribution is -2.48. The topological polar surface area (TPSA) is 29.5 Å². The van der Waals surface area contributed by atoms with Gasteiger partial charge in [0.15, 0.2) is 0 Å². The SMILES string of the molecule is CC1CCN(C(=O)C2CCO2)CC1. The molecule has 0 spiro atoms. The molecule has 2 rings (SSSR count). The van der Waals surface area contributed by atoms with E-state index in [2.05, 4.69) is 6.92 Å². The number of hydrogen-bond acceptors (Lipinski definition) is 2. The number of amides is 1. The Balaban J connectivity index is 1.83. The summed E-state index contributed by atoms with van der Waals surface area (Å²) in [6, 6.07) is 0. The van der Waals surface area contributed by atoms with Crippen LogP contribution in [0.4, 0.5) is 0 Å². The summed E-state index contributed by atoms with van der Waals surface area (Å²) in [5.74, 6) is 1.00. The van der Waals surface area contributed by atoms with Crippen LogP contribution in [0.25, 0.3) is 0 Å². The zero-order valence-corrected chi connectivity index (χ0v) is 8.16. The largest absolute Gasteiger partial charge is 0.368 e. The number of piperidine rings is 1. The molecule has 2 aliphatic rings. The fraction of sp³-hybridized carbons (Fsp3) is 0.900. The standard InChI is InChI=1S/C10H17NO2/c1-8-2-5-11(6-3-8)10(12)9-4-7-13-9/h8-9H,2-7H2,1H3. The minimum absolute atomic E-state index is 0.103. The van der Waals surface area contributed by atoms with Crippen LogP contribution in [0.2, 0.25) is 0 Å². The molecular formula is C10H17NO2. The van der Waals surface area contributed by atoms with Gasteiger partial charge in [-0.15, -0.1) is 0 Å². The van der Waals surface area contributed by atoms with Gasteiger partial charge in [0.1, 0.15) is 6.10 Å². The molecule has 0 aliphatic carbocycles. The van der Waals surface area contributed by atoms with Crippen LogP contribution < -0.4 is 0 Å². The van der Waals surface area contributed by atoms with Gasteiger partial charge in [-0.1, -0.05) is 6.92 Å². The van der Waals surface area contributed by atoms with Crippen molar-refractivity contribution in [3.8, 4) is 0 Å². The van der Waals surface area contributed by atoms with Crippen LogP contribution >= 0.6 is 0 Å². The number of rotatable bonds is 1. The summed E-state index contributed by atoms with van der Waals surface area (Å²) in [5, 5.41) is 0. The van der Waals surface area contributed by atoms with Crippen molar-refractivity contribution in [1.82, 2.24) is 4.90 Å². The van der Waals surface area contributed by atoms with Gasteiger partial charge in [0.05, 0.1) is 6.61 Å². The normalized spacial score (nSPS) is 29.9. The van der Waals surface area contributed by atoms with E-state index in [0.29, 0.717) is 0 Å². The minimum atomic E-state index is -0.103. The third kappa shape index (κ3) is 1.85. The van der Waals surface area contributed by atoms with Gasteiger partial charge >= 0.3 is 0 Å². The van der Waals surface area contributed by atoms with Crippen LogP contribution in [0.3, 0.4) is 0 Å². The molecule has 0 aromatic heterocycles. The zero-order valence-electron chi connectivity index (χ0n) is 8.16. The molecule has 1 amide bonds. The summed E-state index contributed by atoms with van der Waals surface area (Å²) >= 11 is 0. The van der Waals surface area contributed by atoms with Crippen molar-refractivity contribution in [3.05, 3.63) is 0 Å². The average molecular weight is 183 g/mol. The van der Waals surface area contributed by atoms with Gasteiger partial charge in [-0.2, -0.15) is 0 Å². The van der Waals surface area contributed by atoms with Crippen molar-refractivity contribution < 1.29 is 9.53 Å². The molecule has 0 bridgehead atoms. The van der Waals surface area contributed by atoms with E-state index in [9.17, 15) is 4.79 Å². The third-order valence-corrected chi connectivity index (χ3v) is 3.07. The van der Waals surface area contributed by atoms with Crippen LogP contribution in [0, 0.1) is 5.92 Å². The van der Waals surface area contributed by atoms with Crippen LogP contribution in [-0.4, -0.2) is 36.6 Å². The van der Waals surface area contributed by atoms with Crippen molar-refractivity contribution in [1.29, 1.82) is 0 Å². The highest BCUT2D eigenvalue weighted by Gasteiger charge is 2.31. The fourth-order valence-corrected chi connectivity index (χ4v) is 1.86. The molecule has 2 aliphatic heterocycles. The second-order valence-electron chi connectivity index (χ2n) is 4.16. The van der Waals surface area contributed by atoms with Gasteiger partial charge < -0.3 is 9.64 Å². The molecule has 3 heteroatoms. The molecule has 0 saturated carbocycles. The molecule has 2 heterocycles. The monoisotopic (exact) mass is 183 g/mol. The maximum Gasteiger partial charge on any atom is 0.251 e. The number of hydrogen-bond donors (Lipinski definition) is 0. The summed E-state index contributed by atoms with van der Waals surface area (Å²) < 4.78 is 5.18. The number of nitrogens with zero attached hydrogens (tertiary/aromatic N) is 1. The number of ether oxygens (including phenoxy) is 1. The molecule has 74 valence electrons. The van der Waals surface area contributed by atoms with Crippen LogP contribution in [0.1, 0.15) is 26.2 Å². The lowest BCUT2D eigenvalue weighted by molar-refractivity contribution is -0.157. The van der Waals surface area contributed by atoms with Crippen LogP contribution in [-0.2, 0) is 9.53 Å². The van der Waals surface area contributed by atoms with Gasteiger partial charge in [0.25, 0.3) is 5.91 Å². The van der Waals surface area contributed by atoms with E-state index >= 15 is 0 Å². The van der Waals surface area contributed by atoms with Crippen molar-refractivity contribution in [2.45, 2.75) is 32.3 Å². The lowest BCUT2D eigenvalue weighted by Gasteiger charge is -2.35. The summed E-state index contributed by atoms with van der Waals surface area (Å²) in [4.78, 5) is 13.7. The Hall–Kier alpha value is -0.570. The first-order valence-corrected chi connectivity index (χ1v) is 5.18. The van der Waals surface area contributed by atoms with Crippen molar-refractivity contribution >= 4 is 5.91 Å². The van der Waals surface area contributed by atoms with E-state index in [1.807, 2.05) is 4.90 Å². The predicted molar refractivity (Wildman–Crippen MR) is 49.3 cm³/mol. The molecule has 0 aromatic rings. The third-order valence-electron chi connectivity index (χ3n) is 3.07. The molecular weight excluding hydrogens is 166 g/mol. The van der Waals surface area contributed by atoms with E-state index in [1.165, 1.54) is 0 Å². The van der Waals surface area contributed by atoms with Gasteiger partial charge in [0.2, 0.25) is 0 Å². The Morgan fingerprint density at radius 1 is 1.31 bits per heavy atom. The van der Waals surface area contributed by atoms with E-state index < -0.39 is 0 Å². The Kier molecular flexibility index (Phi) is 2.54. The highest BCUT2D eigenvalue weighted by molar-refractivity contribution is 5.81.